The number of carbonyl (C=O) groups is 3. The van der Waals surface area contributed by atoms with Gasteiger partial charge in [0, 0.05) is 29.4 Å². The zero-order valence-electron chi connectivity index (χ0n) is 16.6. The molecule has 156 valence electrons. The lowest BCUT2D eigenvalue weighted by molar-refractivity contribution is -0.139. The van der Waals surface area contributed by atoms with Crippen molar-refractivity contribution in [1.29, 1.82) is 0 Å². The Labute approximate surface area is 166 Å². The highest BCUT2D eigenvalue weighted by Crippen LogP contribution is 2.30. The molecular formula is C20H22F2N2O5. The van der Waals surface area contributed by atoms with E-state index in [2.05, 4.69) is 5.43 Å². The van der Waals surface area contributed by atoms with Crippen LogP contribution in [-0.2, 0) is 19.1 Å². The Balaban J connectivity index is 2.44. The van der Waals surface area contributed by atoms with E-state index in [0.717, 1.165) is 12.1 Å². The third kappa shape index (κ3) is 4.98. The maximum Gasteiger partial charge on any atom is 0.336 e. The summed E-state index contributed by atoms with van der Waals surface area (Å²) < 4.78 is 37.0. The van der Waals surface area contributed by atoms with Gasteiger partial charge in [0.05, 0.1) is 24.4 Å². The molecule has 0 bridgehead atoms. The Morgan fingerprint density at radius 2 is 1.38 bits per heavy atom. The van der Waals surface area contributed by atoms with E-state index in [1.165, 1.54) is 5.01 Å². The van der Waals surface area contributed by atoms with Crippen molar-refractivity contribution in [3.63, 3.8) is 0 Å². The zero-order valence-corrected chi connectivity index (χ0v) is 16.6. The van der Waals surface area contributed by atoms with Gasteiger partial charge in [0.25, 0.3) is 5.91 Å². The number of allylic oxidation sites excluding steroid dienone is 2. The number of benzene rings is 1. The molecule has 0 saturated carbocycles. The highest BCUT2D eigenvalue weighted by Gasteiger charge is 2.32. The highest BCUT2D eigenvalue weighted by molar-refractivity contribution is 5.97. The molecule has 7 nitrogen and oxygen atoms in total. The number of nitrogens with zero attached hydrogens (tertiary/aromatic N) is 1. The van der Waals surface area contributed by atoms with Gasteiger partial charge < -0.3 is 9.47 Å². The van der Waals surface area contributed by atoms with Gasteiger partial charge in [-0.3, -0.25) is 15.2 Å². The Kier molecular flexibility index (Phi) is 7.08. The van der Waals surface area contributed by atoms with Crippen molar-refractivity contribution in [2.45, 2.75) is 34.1 Å². The number of rotatable bonds is 6. The van der Waals surface area contributed by atoms with Crippen molar-refractivity contribution in [2.75, 3.05) is 13.2 Å². The number of hydrogen-bond donors (Lipinski definition) is 1. The van der Waals surface area contributed by atoms with E-state index in [1.54, 1.807) is 27.7 Å². The third-order valence-electron chi connectivity index (χ3n) is 4.28. The Bertz CT molecular complexity index is 848. The number of amides is 1. The van der Waals surface area contributed by atoms with E-state index in [1.807, 2.05) is 0 Å². The van der Waals surface area contributed by atoms with Gasteiger partial charge in [-0.05, 0) is 39.8 Å². The molecule has 1 aromatic rings. The van der Waals surface area contributed by atoms with Crippen LogP contribution in [-0.4, -0.2) is 36.1 Å². The lowest BCUT2D eigenvalue weighted by Gasteiger charge is -2.33. The van der Waals surface area contributed by atoms with Gasteiger partial charge in [-0.25, -0.2) is 18.4 Å². The molecule has 1 N–H and O–H groups in total. The first-order valence-electron chi connectivity index (χ1n) is 9.00. The van der Waals surface area contributed by atoms with Crippen LogP contribution >= 0.6 is 0 Å². The van der Waals surface area contributed by atoms with Gasteiger partial charge in [-0.2, -0.15) is 0 Å². The molecule has 2 rings (SSSR count). The molecule has 0 atom stereocenters. The summed E-state index contributed by atoms with van der Waals surface area (Å²) in [5.41, 5.74) is 3.17. The molecule has 0 fully saturated rings. The van der Waals surface area contributed by atoms with Gasteiger partial charge >= 0.3 is 11.9 Å². The second-order valence-electron chi connectivity index (χ2n) is 6.18. The molecule has 29 heavy (non-hydrogen) atoms. The van der Waals surface area contributed by atoms with E-state index < -0.39 is 29.5 Å². The predicted octanol–water partition coefficient (Wildman–Crippen LogP) is 2.99. The van der Waals surface area contributed by atoms with Gasteiger partial charge in [0.15, 0.2) is 0 Å². The number of ether oxygens (including phenoxy) is 2. The average molecular weight is 408 g/mol. The fraction of sp³-hybridized carbons (Fsp3) is 0.350. The highest BCUT2D eigenvalue weighted by atomic mass is 19.1. The number of esters is 2. The molecule has 1 aliphatic heterocycles. The molecular weight excluding hydrogens is 386 g/mol. The SMILES string of the molecule is CCOC(=O)C1=C(C)N(NC(=O)c2cc(F)cc(F)c2)C(C)=C(C(=O)OCC)C1. The number of nitrogens with one attached hydrogen (secondary N) is 1. The first kappa shape index (κ1) is 22.1. The van der Waals surface area contributed by atoms with E-state index in [4.69, 9.17) is 9.47 Å². The largest absolute Gasteiger partial charge is 0.463 e. The first-order chi connectivity index (χ1) is 13.7. The third-order valence-corrected chi connectivity index (χ3v) is 4.28. The molecule has 0 aromatic heterocycles. The molecule has 0 unspecified atom stereocenters. The number of halogens is 2. The summed E-state index contributed by atoms with van der Waals surface area (Å²) in [7, 11) is 0. The summed E-state index contributed by atoms with van der Waals surface area (Å²) in [6.45, 7) is 6.65. The van der Waals surface area contributed by atoms with Crippen LogP contribution in [0.3, 0.4) is 0 Å². The minimum Gasteiger partial charge on any atom is -0.463 e. The van der Waals surface area contributed by atoms with Crippen molar-refractivity contribution in [3.8, 4) is 0 Å². The second-order valence-corrected chi connectivity index (χ2v) is 6.18. The Morgan fingerprint density at radius 3 is 1.79 bits per heavy atom. The summed E-state index contributed by atoms with van der Waals surface area (Å²) in [6, 6.07) is 2.39. The van der Waals surface area contributed by atoms with Gasteiger partial charge in [0.1, 0.15) is 11.6 Å². The van der Waals surface area contributed by atoms with E-state index in [-0.39, 0.29) is 36.3 Å². The van der Waals surface area contributed by atoms with Crippen molar-refractivity contribution >= 4 is 17.8 Å². The summed E-state index contributed by atoms with van der Waals surface area (Å²) in [5, 5.41) is 1.22. The predicted molar refractivity (Wildman–Crippen MR) is 98.9 cm³/mol. The minimum atomic E-state index is -0.909. The lowest BCUT2D eigenvalue weighted by Crippen LogP contribution is -2.43. The van der Waals surface area contributed by atoms with Crippen LogP contribution in [0.5, 0.6) is 0 Å². The summed E-state index contributed by atoms with van der Waals surface area (Å²) in [4.78, 5) is 37.2. The molecule has 0 radical (unpaired) electrons. The van der Waals surface area contributed by atoms with E-state index in [0.29, 0.717) is 17.5 Å². The van der Waals surface area contributed by atoms with Crippen LogP contribution in [0, 0.1) is 11.6 Å². The van der Waals surface area contributed by atoms with E-state index >= 15 is 0 Å². The molecule has 1 aromatic carbocycles. The lowest BCUT2D eigenvalue weighted by atomic mass is 9.97. The van der Waals surface area contributed by atoms with Crippen LogP contribution < -0.4 is 5.43 Å². The van der Waals surface area contributed by atoms with Crippen molar-refractivity contribution < 1.29 is 32.6 Å². The maximum atomic E-state index is 13.5. The summed E-state index contributed by atoms with van der Waals surface area (Å²) >= 11 is 0. The van der Waals surface area contributed by atoms with E-state index in [9.17, 15) is 23.2 Å². The van der Waals surface area contributed by atoms with Gasteiger partial charge in [0.2, 0.25) is 0 Å². The summed E-state index contributed by atoms with van der Waals surface area (Å²) in [6.07, 6.45) is -0.0315. The fourth-order valence-corrected chi connectivity index (χ4v) is 2.85. The second kappa shape index (κ2) is 9.31. The molecule has 0 saturated heterocycles. The topological polar surface area (TPSA) is 84.9 Å². The molecule has 0 aliphatic carbocycles. The zero-order chi connectivity index (χ0) is 21.7. The minimum absolute atomic E-state index is 0.0315. The summed E-state index contributed by atoms with van der Waals surface area (Å²) in [5.74, 6) is -3.93. The van der Waals surface area contributed by atoms with Crippen molar-refractivity contribution in [1.82, 2.24) is 10.4 Å². The van der Waals surface area contributed by atoms with Crippen LogP contribution in [0.25, 0.3) is 0 Å². The van der Waals surface area contributed by atoms with Crippen LogP contribution in [0.15, 0.2) is 40.7 Å². The standard InChI is InChI=1S/C20H22F2N2O5/c1-5-28-19(26)16-10-17(20(27)29-6-2)12(4)24(11(16)3)23-18(25)13-7-14(21)9-15(22)8-13/h7-9H,5-6,10H2,1-4H3,(H,23,25). The molecule has 1 aliphatic rings. The Hall–Kier alpha value is -3.23. The van der Waals surface area contributed by atoms with Crippen molar-refractivity contribution in [3.05, 3.63) is 57.9 Å². The molecule has 1 heterocycles. The van der Waals surface area contributed by atoms with Crippen LogP contribution in [0.4, 0.5) is 8.78 Å². The van der Waals surface area contributed by atoms with Crippen LogP contribution in [0.1, 0.15) is 44.5 Å². The monoisotopic (exact) mass is 408 g/mol. The quantitative estimate of drug-likeness (QED) is 0.729. The smallest absolute Gasteiger partial charge is 0.336 e. The maximum absolute atomic E-state index is 13.5. The van der Waals surface area contributed by atoms with Crippen LogP contribution in [0.2, 0.25) is 0 Å². The first-order valence-corrected chi connectivity index (χ1v) is 9.00. The number of hydrogen-bond acceptors (Lipinski definition) is 6. The van der Waals surface area contributed by atoms with Gasteiger partial charge in [-0.1, -0.05) is 0 Å². The number of hydrazine groups is 1. The van der Waals surface area contributed by atoms with Gasteiger partial charge in [-0.15, -0.1) is 0 Å². The molecule has 1 amide bonds. The van der Waals surface area contributed by atoms with Crippen molar-refractivity contribution in [2.24, 2.45) is 0 Å². The normalized spacial score (nSPS) is 14.1. The molecule has 9 heteroatoms. The average Bonchev–Trinajstić information content (AvgIpc) is 2.64. The fourth-order valence-electron chi connectivity index (χ4n) is 2.85. The number of carbonyl (C=O) groups excluding carboxylic acids is 3. The Morgan fingerprint density at radius 1 is 0.931 bits per heavy atom. The molecule has 0 spiro atoms.